The lowest BCUT2D eigenvalue weighted by atomic mass is 9.94. The molecule has 1 aliphatic rings. The Balaban J connectivity index is 1.56. The normalized spacial score (nSPS) is 17.2. The van der Waals surface area contributed by atoms with Crippen molar-refractivity contribution in [2.24, 2.45) is 5.92 Å². The number of nitrogens with two attached hydrogens (primary N) is 1. The van der Waals surface area contributed by atoms with Gasteiger partial charge in [-0.2, -0.15) is 4.72 Å². The van der Waals surface area contributed by atoms with E-state index in [0.717, 1.165) is 28.3 Å². The minimum atomic E-state index is -4.07. The Kier molecular flexibility index (Phi) is 6.70. The van der Waals surface area contributed by atoms with E-state index in [2.05, 4.69) is 16.6 Å². The molecule has 1 saturated heterocycles. The molecule has 0 bridgehead atoms. The van der Waals surface area contributed by atoms with Gasteiger partial charge in [-0.25, -0.2) is 13.4 Å². The number of Topliss-reactive ketones (excluding diaryl/α,β-unsaturated/α-hetero) is 1. The van der Waals surface area contributed by atoms with E-state index in [1.165, 1.54) is 11.3 Å². The number of ether oxygens (including phenoxy) is 1. The third kappa shape index (κ3) is 4.82. The molecule has 4 aromatic rings. The van der Waals surface area contributed by atoms with Gasteiger partial charge in [0, 0.05) is 29.4 Å². The molecule has 10 heteroatoms. The molecule has 0 amide bonds. The van der Waals surface area contributed by atoms with Crippen LogP contribution in [0.5, 0.6) is 5.75 Å². The molecule has 1 atom stereocenters. The molecule has 2 aromatic carbocycles. The zero-order valence-corrected chi connectivity index (χ0v) is 22.7. The Morgan fingerprint density at radius 1 is 1.14 bits per heavy atom. The Labute approximate surface area is 220 Å². The summed E-state index contributed by atoms with van der Waals surface area (Å²) in [7, 11) is -2.50. The van der Waals surface area contributed by atoms with Crippen LogP contribution in [0, 0.1) is 5.92 Å². The van der Waals surface area contributed by atoms with Crippen LogP contribution >= 0.6 is 11.3 Å². The molecule has 0 saturated carbocycles. The molecule has 8 nitrogen and oxygen atoms in total. The van der Waals surface area contributed by atoms with E-state index in [1.807, 2.05) is 17.0 Å². The molecule has 3 N–H and O–H groups in total. The molecule has 0 aliphatic carbocycles. The number of fused-ring (bicyclic) bond motifs is 2. The van der Waals surface area contributed by atoms with Crippen LogP contribution in [0.2, 0.25) is 0 Å². The van der Waals surface area contributed by atoms with Gasteiger partial charge in [0.15, 0.2) is 0 Å². The summed E-state index contributed by atoms with van der Waals surface area (Å²) in [6, 6.07) is 13.9. The number of piperidine rings is 1. The quantitative estimate of drug-likeness (QED) is 0.329. The zero-order valence-electron chi connectivity index (χ0n) is 21.0. The average molecular weight is 539 g/mol. The monoisotopic (exact) mass is 538 g/mol. The highest BCUT2D eigenvalue weighted by atomic mass is 32.2. The third-order valence-electron chi connectivity index (χ3n) is 7.22. The number of carbonyl (C=O) groups excluding carboxylic acids is 1. The van der Waals surface area contributed by atoms with Crippen LogP contribution in [-0.4, -0.2) is 49.9 Å². The summed E-state index contributed by atoms with van der Waals surface area (Å²) in [4.78, 5) is 20.7. The highest BCUT2D eigenvalue weighted by Gasteiger charge is 2.45. The van der Waals surface area contributed by atoms with Crippen molar-refractivity contribution in [1.29, 1.82) is 0 Å². The molecule has 1 unspecified atom stereocenters. The summed E-state index contributed by atoms with van der Waals surface area (Å²) < 4.78 is 36.5. The number of pyridine rings is 1. The molecule has 0 radical (unpaired) electrons. The molecular formula is C27H30N4O4S2. The number of sulfonamides is 1. The van der Waals surface area contributed by atoms with Crippen LogP contribution in [0.15, 0.2) is 59.6 Å². The first-order valence-corrected chi connectivity index (χ1v) is 14.5. The fraction of sp³-hybridized carbons (Fsp3) is 0.333. The topological polar surface area (TPSA) is 115 Å². The van der Waals surface area contributed by atoms with Crippen molar-refractivity contribution in [3.8, 4) is 5.75 Å². The Morgan fingerprint density at radius 2 is 1.86 bits per heavy atom. The molecule has 0 spiro atoms. The SMILES string of the molecule is COc1ccc2ccc(S(=O)(=O)NC(C)(C(=O)c3cc4c(N)nccc4s3)N3CCC(C)CC3)cc2c1. The molecule has 1 fully saturated rings. The number of anilines is 1. The second-order valence-electron chi connectivity index (χ2n) is 9.77. The van der Waals surface area contributed by atoms with E-state index in [4.69, 9.17) is 10.5 Å². The lowest BCUT2D eigenvalue weighted by Crippen LogP contribution is -2.64. The molecule has 1 aliphatic heterocycles. The van der Waals surface area contributed by atoms with E-state index in [-0.39, 0.29) is 10.7 Å². The van der Waals surface area contributed by atoms with Crippen LogP contribution in [0.25, 0.3) is 20.9 Å². The fourth-order valence-corrected chi connectivity index (χ4v) is 7.36. The number of nitrogens with zero attached hydrogens (tertiary/aromatic N) is 2. The lowest BCUT2D eigenvalue weighted by Gasteiger charge is -2.43. The van der Waals surface area contributed by atoms with E-state index in [1.54, 1.807) is 56.6 Å². The lowest BCUT2D eigenvalue weighted by molar-refractivity contribution is 0.0421. The van der Waals surface area contributed by atoms with Crippen molar-refractivity contribution in [1.82, 2.24) is 14.6 Å². The maximum absolute atomic E-state index is 14.1. The number of likely N-dealkylation sites (tertiary alicyclic amines) is 1. The van der Waals surface area contributed by atoms with Crippen LogP contribution in [-0.2, 0) is 10.0 Å². The van der Waals surface area contributed by atoms with Crippen molar-refractivity contribution in [2.75, 3.05) is 25.9 Å². The minimum Gasteiger partial charge on any atom is -0.497 e. The molecule has 3 heterocycles. The summed E-state index contributed by atoms with van der Waals surface area (Å²) in [5, 5.41) is 2.31. The number of nitrogens with one attached hydrogen (secondary N) is 1. The van der Waals surface area contributed by atoms with Crippen LogP contribution < -0.4 is 15.2 Å². The third-order valence-corrected chi connectivity index (χ3v) is 9.86. The van der Waals surface area contributed by atoms with Gasteiger partial charge in [-0.3, -0.25) is 9.69 Å². The van der Waals surface area contributed by atoms with Gasteiger partial charge >= 0.3 is 0 Å². The van der Waals surface area contributed by atoms with Crippen LogP contribution in [0.3, 0.4) is 0 Å². The highest BCUT2D eigenvalue weighted by molar-refractivity contribution is 7.89. The first kappa shape index (κ1) is 25.6. The summed E-state index contributed by atoms with van der Waals surface area (Å²) in [6.07, 6.45) is 3.36. The Hall–Kier alpha value is -3.05. The summed E-state index contributed by atoms with van der Waals surface area (Å²) in [5.74, 6) is 1.18. The maximum Gasteiger partial charge on any atom is 0.242 e. The average Bonchev–Trinajstić information content (AvgIpc) is 3.33. The van der Waals surface area contributed by atoms with Crippen molar-refractivity contribution in [2.45, 2.75) is 37.2 Å². The van der Waals surface area contributed by atoms with Gasteiger partial charge in [-0.05, 0) is 72.9 Å². The fourth-order valence-electron chi connectivity index (χ4n) is 4.86. The van der Waals surface area contributed by atoms with Gasteiger partial charge in [-0.15, -0.1) is 11.3 Å². The summed E-state index contributed by atoms with van der Waals surface area (Å²) in [5.41, 5.74) is 4.55. The minimum absolute atomic E-state index is 0.0856. The maximum atomic E-state index is 14.1. The van der Waals surface area contributed by atoms with Gasteiger partial charge in [0.05, 0.1) is 16.9 Å². The number of thiophene rings is 1. The number of ketones is 1. The Morgan fingerprint density at radius 3 is 2.57 bits per heavy atom. The predicted molar refractivity (Wildman–Crippen MR) is 148 cm³/mol. The van der Waals surface area contributed by atoms with Gasteiger partial charge in [0.2, 0.25) is 15.8 Å². The van der Waals surface area contributed by atoms with E-state index < -0.39 is 15.7 Å². The molecule has 194 valence electrons. The first-order chi connectivity index (χ1) is 17.6. The van der Waals surface area contributed by atoms with Crippen LogP contribution in [0.1, 0.15) is 36.4 Å². The van der Waals surface area contributed by atoms with Gasteiger partial charge < -0.3 is 10.5 Å². The number of rotatable bonds is 7. The summed E-state index contributed by atoms with van der Waals surface area (Å²) in [6.45, 7) is 5.05. The number of hydrogen-bond donors (Lipinski definition) is 2. The number of nitrogen functional groups attached to an aromatic ring is 1. The standard InChI is InChI=1S/C27H30N4O4S2/c1-17-9-12-31(13-10-17)27(2,25(32)24-16-22-23(36-24)8-11-29-26(22)28)30-37(33,34)21-7-5-18-4-6-20(35-3)14-19(18)15-21/h4-8,11,14-17,30H,9-10,12-13H2,1-3H3,(H2,28,29). The smallest absolute Gasteiger partial charge is 0.242 e. The van der Waals surface area contributed by atoms with E-state index in [9.17, 15) is 13.2 Å². The molecule has 37 heavy (non-hydrogen) atoms. The Bertz CT molecular complexity index is 1590. The second-order valence-corrected chi connectivity index (χ2v) is 12.5. The molecule has 5 rings (SSSR count). The zero-order chi connectivity index (χ0) is 26.4. The number of carbonyl (C=O) groups is 1. The highest BCUT2D eigenvalue weighted by Crippen LogP contribution is 2.34. The predicted octanol–water partition coefficient (Wildman–Crippen LogP) is 4.65. The van der Waals surface area contributed by atoms with Crippen molar-refractivity contribution < 1.29 is 17.9 Å². The summed E-state index contributed by atoms with van der Waals surface area (Å²) >= 11 is 1.29. The number of aromatic nitrogens is 1. The number of methoxy groups -OCH3 is 1. The second kappa shape index (κ2) is 9.68. The van der Waals surface area contributed by atoms with Gasteiger partial charge in [0.1, 0.15) is 17.2 Å². The molecular weight excluding hydrogens is 508 g/mol. The number of hydrogen-bond acceptors (Lipinski definition) is 8. The molecule has 2 aromatic heterocycles. The van der Waals surface area contributed by atoms with E-state index in [0.29, 0.717) is 40.8 Å². The van der Waals surface area contributed by atoms with Gasteiger partial charge in [-0.1, -0.05) is 19.1 Å². The number of benzene rings is 2. The van der Waals surface area contributed by atoms with Gasteiger partial charge in [0.25, 0.3) is 0 Å². The van der Waals surface area contributed by atoms with Crippen molar-refractivity contribution >= 4 is 53.8 Å². The first-order valence-electron chi connectivity index (χ1n) is 12.2. The largest absolute Gasteiger partial charge is 0.497 e. The van der Waals surface area contributed by atoms with Crippen molar-refractivity contribution in [3.63, 3.8) is 0 Å². The van der Waals surface area contributed by atoms with E-state index >= 15 is 0 Å². The van der Waals surface area contributed by atoms with Crippen molar-refractivity contribution in [3.05, 3.63) is 59.6 Å². The van der Waals surface area contributed by atoms with Crippen LogP contribution in [0.4, 0.5) is 5.82 Å².